The van der Waals surface area contributed by atoms with Crippen LogP contribution in [-0.2, 0) is 0 Å². The zero-order chi connectivity index (χ0) is 9.42. The Labute approximate surface area is 74.1 Å². The SMILES string of the molecule is CC(C)c1nnc(N)c2nonc12. The molecule has 0 bridgehead atoms. The molecule has 0 amide bonds. The third-order valence-corrected chi connectivity index (χ3v) is 1.79. The van der Waals surface area contributed by atoms with E-state index < -0.39 is 0 Å². The number of nitrogens with two attached hydrogens (primary N) is 1. The predicted octanol–water partition coefficient (Wildman–Crippen LogP) is 0.718. The standard InChI is InChI=1S/C7H9N5O/c1-3(2)4-5-6(12-13-11-5)7(8)10-9-4/h3H,1-2H3,(H2,8,10). The van der Waals surface area contributed by atoms with Gasteiger partial charge in [-0.05, 0) is 16.2 Å². The number of nitrogen functional groups attached to an aromatic ring is 1. The maximum absolute atomic E-state index is 5.53. The van der Waals surface area contributed by atoms with Crippen LogP contribution in [0.3, 0.4) is 0 Å². The summed E-state index contributed by atoms with van der Waals surface area (Å²) in [5, 5.41) is 15.1. The van der Waals surface area contributed by atoms with Crippen LogP contribution in [0.4, 0.5) is 5.82 Å². The third-order valence-electron chi connectivity index (χ3n) is 1.79. The number of fused-ring (bicyclic) bond motifs is 1. The van der Waals surface area contributed by atoms with Gasteiger partial charge in [-0.25, -0.2) is 4.63 Å². The molecule has 0 unspecified atom stereocenters. The van der Waals surface area contributed by atoms with Crippen LogP contribution in [0.2, 0.25) is 0 Å². The van der Waals surface area contributed by atoms with E-state index in [9.17, 15) is 0 Å². The van der Waals surface area contributed by atoms with Crippen LogP contribution < -0.4 is 5.73 Å². The van der Waals surface area contributed by atoms with Crippen LogP contribution in [0.15, 0.2) is 4.63 Å². The molecule has 0 saturated heterocycles. The molecule has 0 aliphatic rings. The molecule has 0 aliphatic carbocycles. The molecule has 6 heteroatoms. The lowest BCUT2D eigenvalue weighted by molar-refractivity contribution is 0.315. The lowest BCUT2D eigenvalue weighted by Gasteiger charge is -2.01. The van der Waals surface area contributed by atoms with Gasteiger partial charge in [0.2, 0.25) is 0 Å². The highest BCUT2D eigenvalue weighted by Crippen LogP contribution is 2.22. The van der Waals surface area contributed by atoms with Gasteiger partial charge in [0.15, 0.2) is 16.9 Å². The van der Waals surface area contributed by atoms with Crippen molar-refractivity contribution in [2.24, 2.45) is 0 Å². The van der Waals surface area contributed by atoms with Crippen molar-refractivity contribution in [3.63, 3.8) is 0 Å². The lowest BCUT2D eigenvalue weighted by Crippen LogP contribution is -2.01. The molecule has 2 N–H and O–H groups in total. The van der Waals surface area contributed by atoms with Crippen LogP contribution in [0.1, 0.15) is 25.5 Å². The normalized spacial score (nSPS) is 11.3. The summed E-state index contributed by atoms with van der Waals surface area (Å²) in [5.41, 5.74) is 7.37. The van der Waals surface area contributed by atoms with Gasteiger partial charge in [-0.1, -0.05) is 13.8 Å². The van der Waals surface area contributed by atoms with E-state index in [1.807, 2.05) is 13.8 Å². The summed E-state index contributed by atoms with van der Waals surface area (Å²) in [7, 11) is 0. The van der Waals surface area contributed by atoms with Gasteiger partial charge in [0, 0.05) is 0 Å². The zero-order valence-electron chi connectivity index (χ0n) is 7.35. The molecule has 2 aromatic rings. The average molecular weight is 179 g/mol. The minimum Gasteiger partial charge on any atom is -0.380 e. The maximum Gasteiger partial charge on any atom is 0.181 e. The van der Waals surface area contributed by atoms with Crippen LogP contribution in [0.5, 0.6) is 0 Å². The van der Waals surface area contributed by atoms with Crippen LogP contribution in [-0.4, -0.2) is 20.5 Å². The molecule has 0 saturated carbocycles. The first-order valence-corrected chi connectivity index (χ1v) is 3.94. The van der Waals surface area contributed by atoms with Gasteiger partial charge in [0.25, 0.3) is 0 Å². The second-order valence-corrected chi connectivity index (χ2v) is 3.09. The monoisotopic (exact) mass is 179 g/mol. The van der Waals surface area contributed by atoms with Gasteiger partial charge in [-0.3, -0.25) is 0 Å². The number of hydrogen-bond acceptors (Lipinski definition) is 6. The van der Waals surface area contributed by atoms with Crippen molar-refractivity contribution in [3.8, 4) is 0 Å². The first kappa shape index (κ1) is 7.90. The third kappa shape index (κ3) is 1.10. The molecule has 2 aromatic heterocycles. The summed E-state index contributed by atoms with van der Waals surface area (Å²) in [6, 6.07) is 0. The highest BCUT2D eigenvalue weighted by Gasteiger charge is 2.14. The van der Waals surface area contributed by atoms with E-state index in [0.29, 0.717) is 11.0 Å². The summed E-state index contributed by atoms with van der Waals surface area (Å²) in [5.74, 6) is 0.475. The molecule has 2 rings (SSSR count). The molecule has 0 atom stereocenters. The smallest absolute Gasteiger partial charge is 0.181 e. The zero-order valence-corrected chi connectivity index (χ0v) is 7.35. The summed E-state index contributed by atoms with van der Waals surface area (Å²) in [6.45, 7) is 3.99. The molecule has 68 valence electrons. The average Bonchev–Trinajstić information content (AvgIpc) is 2.53. The van der Waals surface area contributed by atoms with Gasteiger partial charge in [0.1, 0.15) is 0 Å². The van der Waals surface area contributed by atoms with Crippen LogP contribution in [0, 0.1) is 0 Å². The second kappa shape index (κ2) is 2.65. The molecular formula is C7H9N5O. The van der Waals surface area contributed by atoms with Gasteiger partial charge in [-0.2, -0.15) is 5.10 Å². The topological polar surface area (TPSA) is 90.7 Å². The second-order valence-electron chi connectivity index (χ2n) is 3.09. The van der Waals surface area contributed by atoms with E-state index >= 15 is 0 Å². The van der Waals surface area contributed by atoms with Crippen molar-refractivity contribution in [1.29, 1.82) is 0 Å². The highest BCUT2D eigenvalue weighted by molar-refractivity contribution is 5.84. The molecule has 0 aromatic carbocycles. The first-order valence-electron chi connectivity index (χ1n) is 3.94. The van der Waals surface area contributed by atoms with Crippen LogP contribution >= 0.6 is 0 Å². The predicted molar refractivity (Wildman–Crippen MR) is 45.9 cm³/mol. The first-order chi connectivity index (χ1) is 6.20. The number of hydrogen-bond donors (Lipinski definition) is 1. The molecular weight excluding hydrogens is 170 g/mol. The fourth-order valence-electron chi connectivity index (χ4n) is 1.12. The van der Waals surface area contributed by atoms with Crippen molar-refractivity contribution in [3.05, 3.63) is 5.69 Å². The Balaban J connectivity index is 2.78. The van der Waals surface area contributed by atoms with Crippen molar-refractivity contribution in [2.45, 2.75) is 19.8 Å². The van der Waals surface area contributed by atoms with E-state index in [4.69, 9.17) is 5.73 Å². The number of nitrogens with zero attached hydrogens (tertiary/aromatic N) is 4. The van der Waals surface area contributed by atoms with E-state index in [1.165, 1.54) is 0 Å². The van der Waals surface area contributed by atoms with E-state index in [1.54, 1.807) is 0 Å². The van der Waals surface area contributed by atoms with E-state index in [0.717, 1.165) is 5.69 Å². The molecule has 0 radical (unpaired) electrons. The van der Waals surface area contributed by atoms with Crippen molar-refractivity contribution in [1.82, 2.24) is 20.5 Å². The molecule has 0 fully saturated rings. The molecule has 0 aliphatic heterocycles. The summed E-state index contributed by atoms with van der Waals surface area (Å²) >= 11 is 0. The fourth-order valence-corrected chi connectivity index (χ4v) is 1.12. The Morgan fingerprint density at radius 1 is 1.15 bits per heavy atom. The Kier molecular flexibility index (Phi) is 1.61. The van der Waals surface area contributed by atoms with E-state index in [-0.39, 0.29) is 11.7 Å². The Bertz CT molecular complexity index is 435. The van der Waals surface area contributed by atoms with E-state index in [2.05, 4.69) is 25.1 Å². The Morgan fingerprint density at radius 3 is 2.54 bits per heavy atom. The molecule has 0 spiro atoms. The highest BCUT2D eigenvalue weighted by atomic mass is 16.6. The summed E-state index contributed by atoms with van der Waals surface area (Å²) in [4.78, 5) is 0. The van der Waals surface area contributed by atoms with Crippen molar-refractivity contribution < 1.29 is 4.63 Å². The summed E-state index contributed by atoms with van der Waals surface area (Å²) < 4.78 is 4.58. The van der Waals surface area contributed by atoms with Gasteiger partial charge in [0.05, 0.1) is 5.69 Å². The number of aromatic nitrogens is 4. The maximum atomic E-state index is 5.53. The number of anilines is 1. The fraction of sp³-hybridized carbons (Fsp3) is 0.429. The molecule has 13 heavy (non-hydrogen) atoms. The number of rotatable bonds is 1. The minimum atomic E-state index is 0.225. The summed E-state index contributed by atoms with van der Waals surface area (Å²) in [6.07, 6.45) is 0. The molecule has 6 nitrogen and oxygen atoms in total. The Morgan fingerprint density at radius 2 is 1.85 bits per heavy atom. The quantitative estimate of drug-likeness (QED) is 0.693. The molecule has 2 heterocycles. The van der Waals surface area contributed by atoms with Crippen molar-refractivity contribution >= 4 is 16.9 Å². The van der Waals surface area contributed by atoms with Crippen molar-refractivity contribution in [2.75, 3.05) is 5.73 Å². The van der Waals surface area contributed by atoms with Gasteiger partial charge < -0.3 is 5.73 Å². The van der Waals surface area contributed by atoms with Gasteiger partial charge in [-0.15, -0.1) is 5.10 Å². The largest absolute Gasteiger partial charge is 0.380 e. The Hall–Kier alpha value is -1.72. The minimum absolute atomic E-state index is 0.225. The van der Waals surface area contributed by atoms with Gasteiger partial charge >= 0.3 is 0 Å². The van der Waals surface area contributed by atoms with Crippen LogP contribution in [0.25, 0.3) is 11.0 Å². The lowest BCUT2D eigenvalue weighted by atomic mass is 10.1.